The smallest absolute Gasteiger partial charge is 0.416 e. The van der Waals surface area contributed by atoms with E-state index in [0.717, 1.165) is 18.2 Å². The van der Waals surface area contributed by atoms with Gasteiger partial charge in [-0.25, -0.2) is 4.79 Å². The summed E-state index contributed by atoms with van der Waals surface area (Å²) >= 11 is 0. The SMILES string of the molecule is COC(=O)c1cc(/C=C/C(=O)NCc2cccc(C(F)(F)F)c2)oc1C. The number of ether oxygens (including phenoxy) is 1. The molecule has 8 heteroatoms. The number of methoxy groups -OCH3 is 1. The van der Waals surface area contributed by atoms with E-state index in [2.05, 4.69) is 10.1 Å². The van der Waals surface area contributed by atoms with Crippen LogP contribution in [-0.2, 0) is 22.3 Å². The second kappa shape index (κ2) is 7.90. The highest BCUT2D eigenvalue weighted by Crippen LogP contribution is 2.29. The Labute approximate surface area is 147 Å². The predicted octanol–water partition coefficient (Wildman–Crippen LogP) is 3.72. The maximum Gasteiger partial charge on any atom is 0.416 e. The van der Waals surface area contributed by atoms with Gasteiger partial charge in [0.25, 0.3) is 0 Å². The van der Waals surface area contributed by atoms with E-state index in [-0.39, 0.29) is 17.9 Å². The Morgan fingerprint density at radius 3 is 2.65 bits per heavy atom. The monoisotopic (exact) mass is 367 g/mol. The first-order valence-electron chi connectivity index (χ1n) is 7.51. The molecule has 0 unspecified atom stereocenters. The number of carbonyl (C=O) groups is 2. The molecule has 0 aliphatic rings. The molecule has 0 bridgehead atoms. The first-order chi connectivity index (χ1) is 12.2. The molecule has 0 fully saturated rings. The largest absolute Gasteiger partial charge is 0.465 e. The van der Waals surface area contributed by atoms with Crippen LogP contribution in [0.1, 0.15) is 33.0 Å². The van der Waals surface area contributed by atoms with Gasteiger partial charge in [0.1, 0.15) is 17.1 Å². The summed E-state index contributed by atoms with van der Waals surface area (Å²) in [6, 6.07) is 6.13. The van der Waals surface area contributed by atoms with Gasteiger partial charge >= 0.3 is 12.1 Å². The van der Waals surface area contributed by atoms with Crippen molar-refractivity contribution >= 4 is 18.0 Å². The molecule has 5 nitrogen and oxygen atoms in total. The zero-order valence-corrected chi connectivity index (χ0v) is 14.0. The highest BCUT2D eigenvalue weighted by molar-refractivity contribution is 5.93. The highest BCUT2D eigenvalue weighted by atomic mass is 19.4. The lowest BCUT2D eigenvalue weighted by molar-refractivity contribution is -0.137. The molecule has 1 aromatic heterocycles. The number of carbonyl (C=O) groups excluding carboxylic acids is 2. The van der Waals surface area contributed by atoms with Gasteiger partial charge in [-0.2, -0.15) is 13.2 Å². The van der Waals surface area contributed by atoms with Crippen molar-refractivity contribution in [1.82, 2.24) is 5.32 Å². The minimum Gasteiger partial charge on any atom is -0.465 e. The molecule has 0 aliphatic heterocycles. The van der Waals surface area contributed by atoms with E-state index in [9.17, 15) is 22.8 Å². The van der Waals surface area contributed by atoms with Gasteiger partial charge < -0.3 is 14.5 Å². The van der Waals surface area contributed by atoms with Gasteiger partial charge in [-0.05, 0) is 36.8 Å². The molecule has 1 aromatic carbocycles. The summed E-state index contributed by atoms with van der Waals surface area (Å²) in [5, 5.41) is 2.48. The van der Waals surface area contributed by atoms with E-state index in [1.165, 1.54) is 31.4 Å². The number of esters is 1. The molecule has 0 saturated carbocycles. The third-order valence-electron chi connectivity index (χ3n) is 3.46. The number of nitrogens with one attached hydrogen (secondary N) is 1. The standard InChI is InChI=1S/C18H16F3NO4/c1-11-15(17(24)25-2)9-14(26-11)6-7-16(23)22-10-12-4-3-5-13(8-12)18(19,20)21/h3-9H,10H2,1-2H3,(H,22,23)/b7-6+. The van der Waals surface area contributed by atoms with Crippen LogP contribution in [0.5, 0.6) is 0 Å². The molecule has 0 aliphatic carbocycles. The van der Waals surface area contributed by atoms with Gasteiger partial charge in [0.2, 0.25) is 5.91 Å². The van der Waals surface area contributed by atoms with Crippen molar-refractivity contribution in [3.8, 4) is 0 Å². The normalized spacial score (nSPS) is 11.6. The fourth-order valence-corrected chi connectivity index (χ4v) is 2.16. The number of furan rings is 1. The van der Waals surface area contributed by atoms with Gasteiger partial charge in [0.15, 0.2) is 0 Å². The number of hydrogen-bond acceptors (Lipinski definition) is 4. The van der Waals surface area contributed by atoms with Crippen molar-refractivity contribution < 1.29 is 31.9 Å². The van der Waals surface area contributed by atoms with Crippen LogP contribution in [0.4, 0.5) is 13.2 Å². The lowest BCUT2D eigenvalue weighted by Crippen LogP contribution is -2.20. The van der Waals surface area contributed by atoms with Gasteiger partial charge in [0, 0.05) is 12.6 Å². The summed E-state index contributed by atoms with van der Waals surface area (Å²) in [6.07, 6.45) is -1.93. The van der Waals surface area contributed by atoms with Crippen LogP contribution in [0.3, 0.4) is 0 Å². The van der Waals surface area contributed by atoms with Gasteiger partial charge in [-0.15, -0.1) is 0 Å². The quantitative estimate of drug-likeness (QED) is 0.646. The maximum atomic E-state index is 12.7. The number of halogens is 3. The topological polar surface area (TPSA) is 68.5 Å². The fraction of sp³-hybridized carbons (Fsp3) is 0.222. The molecule has 0 radical (unpaired) electrons. The predicted molar refractivity (Wildman–Crippen MR) is 87.1 cm³/mol. The molecule has 0 spiro atoms. The van der Waals surface area contributed by atoms with Crippen molar-refractivity contribution in [2.24, 2.45) is 0 Å². The average molecular weight is 367 g/mol. The van der Waals surface area contributed by atoms with E-state index in [1.54, 1.807) is 6.92 Å². The number of benzene rings is 1. The second-order valence-electron chi connectivity index (χ2n) is 5.36. The van der Waals surface area contributed by atoms with E-state index >= 15 is 0 Å². The van der Waals surface area contributed by atoms with Crippen molar-refractivity contribution in [2.45, 2.75) is 19.6 Å². The van der Waals surface area contributed by atoms with Gasteiger partial charge in [-0.1, -0.05) is 12.1 Å². The minimum absolute atomic E-state index is 0.0579. The van der Waals surface area contributed by atoms with Crippen LogP contribution >= 0.6 is 0 Å². The number of hydrogen-bond donors (Lipinski definition) is 1. The van der Waals surface area contributed by atoms with Crippen LogP contribution in [0.25, 0.3) is 6.08 Å². The zero-order valence-electron chi connectivity index (χ0n) is 14.0. The summed E-state index contributed by atoms with van der Waals surface area (Å²) in [4.78, 5) is 23.3. The molecule has 1 heterocycles. The molecular formula is C18H16F3NO4. The maximum absolute atomic E-state index is 12.7. The summed E-state index contributed by atoms with van der Waals surface area (Å²) in [5.74, 6) is -0.450. The van der Waals surface area contributed by atoms with Gasteiger partial charge in [0.05, 0.1) is 12.7 Å². The summed E-state index contributed by atoms with van der Waals surface area (Å²) < 4.78 is 47.9. The third-order valence-corrected chi connectivity index (χ3v) is 3.46. The average Bonchev–Trinajstić information content (AvgIpc) is 2.97. The van der Waals surface area contributed by atoms with Crippen LogP contribution in [-0.4, -0.2) is 19.0 Å². The molecule has 2 rings (SSSR count). The second-order valence-corrected chi connectivity index (χ2v) is 5.36. The lowest BCUT2D eigenvalue weighted by Gasteiger charge is -2.08. The van der Waals surface area contributed by atoms with Crippen molar-refractivity contribution in [3.05, 3.63) is 64.6 Å². The Hall–Kier alpha value is -3.03. The molecule has 0 atom stereocenters. The van der Waals surface area contributed by atoms with Crippen molar-refractivity contribution in [2.75, 3.05) is 7.11 Å². The summed E-state index contributed by atoms with van der Waals surface area (Å²) in [6.45, 7) is 1.52. The molecular weight excluding hydrogens is 351 g/mol. The molecule has 0 saturated heterocycles. The Bertz CT molecular complexity index is 837. The molecule has 1 N–H and O–H groups in total. The van der Waals surface area contributed by atoms with E-state index in [0.29, 0.717) is 11.3 Å². The van der Waals surface area contributed by atoms with Crippen molar-refractivity contribution in [3.63, 3.8) is 0 Å². The number of rotatable bonds is 5. The Morgan fingerprint density at radius 2 is 2.00 bits per heavy atom. The Kier molecular flexibility index (Phi) is 5.86. The van der Waals surface area contributed by atoms with Crippen LogP contribution < -0.4 is 5.32 Å². The van der Waals surface area contributed by atoms with E-state index in [4.69, 9.17) is 4.42 Å². The minimum atomic E-state index is -4.44. The number of aryl methyl sites for hydroxylation is 1. The summed E-state index contributed by atoms with van der Waals surface area (Å²) in [7, 11) is 1.24. The molecule has 2 aromatic rings. The number of amides is 1. The Morgan fingerprint density at radius 1 is 1.27 bits per heavy atom. The van der Waals surface area contributed by atoms with Gasteiger partial charge in [-0.3, -0.25) is 4.79 Å². The molecule has 138 valence electrons. The number of alkyl halides is 3. The first-order valence-corrected chi connectivity index (χ1v) is 7.51. The highest BCUT2D eigenvalue weighted by Gasteiger charge is 2.30. The van der Waals surface area contributed by atoms with Crippen LogP contribution in [0.2, 0.25) is 0 Å². The van der Waals surface area contributed by atoms with E-state index < -0.39 is 23.6 Å². The molecule has 1 amide bonds. The van der Waals surface area contributed by atoms with Crippen LogP contribution in [0, 0.1) is 6.92 Å². The summed E-state index contributed by atoms with van der Waals surface area (Å²) in [5.41, 5.74) is -0.207. The van der Waals surface area contributed by atoms with E-state index in [1.807, 2.05) is 0 Å². The van der Waals surface area contributed by atoms with Crippen LogP contribution in [0.15, 0.2) is 40.8 Å². The fourth-order valence-electron chi connectivity index (χ4n) is 2.16. The van der Waals surface area contributed by atoms with Crippen molar-refractivity contribution in [1.29, 1.82) is 0 Å². The first kappa shape index (κ1) is 19.3. The lowest BCUT2D eigenvalue weighted by atomic mass is 10.1. The zero-order chi connectivity index (χ0) is 19.3. The third kappa shape index (κ3) is 4.98. The molecule has 26 heavy (non-hydrogen) atoms. The Balaban J connectivity index is 1.97.